The minimum Gasteiger partial charge on any atom is -0.325 e. The van der Waals surface area contributed by atoms with Crippen LogP contribution in [0.2, 0.25) is 0 Å². The number of hydrogen-bond acceptors (Lipinski definition) is 1. The average molecular weight is 215 g/mol. The Bertz CT molecular complexity index is 240. The highest BCUT2D eigenvalue weighted by molar-refractivity contribution is 5.07. The molecular formula is C12H19F2N. The molecule has 4 aliphatic rings. The van der Waals surface area contributed by atoms with Crippen LogP contribution in [-0.2, 0) is 0 Å². The van der Waals surface area contributed by atoms with E-state index in [9.17, 15) is 8.78 Å². The minimum atomic E-state index is -2.62. The van der Waals surface area contributed by atoms with Crippen molar-refractivity contribution >= 4 is 0 Å². The maximum Gasteiger partial charge on any atom is 0.265 e. The van der Waals surface area contributed by atoms with Crippen LogP contribution in [0.1, 0.15) is 38.5 Å². The van der Waals surface area contributed by atoms with Gasteiger partial charge < -0.3 is 5.73 Å². The lowest BCUT2D eigenvalue weighted by molar-refractivity contribution is -0.197. The molecule has 0 atom stereocenters. The van der Waals surface area contributed by atoms with Crippen molar-refractivity contribution < 1.29 is 8.78 Å². The molecule has 2 N–H and O–H groups in total. The molecule has 0 heterocycles. The zero-order valence-electron chi connectivity index (χ0n) is 9.02. The lowest BCUT2D eigenvalue weighted by Crippen LogP contribution is -2.57. The summed E-state index contributed by atoms with van der Waals surface area (Å²) in [5.41, 5.74) is 4.57. The monoisotopic (exact) mass is 215 g/mol. The first-order valence-electron chi connectivity index (χ1n) is 6.12. The van der Waals surface area contributed by atoms with E-state index in [1.165, 1.54) is 19.3 Å². The fraction of sp³-hybridized carbons (Fsp3) is 1.00. The van der Waals surface area contributed by atoms with Gasteiger partial charge in [-0.15, -0.1) is 0 Å². The first kappa shape index (κ1) is 10.0. The SMILES string of the molecule is NCC(F)(F)C12CC3CC(CC(C3)C1)C2. The predicted molar refractivity (Wildman–Crippen MR) is 54.6 cm³/mol. The Morgan fingerprint density at radius 3 is 1.73 bits per heavy atom. The van der Waals surface area contributed by atoms with Gasteiger partial charge in [-0.05, 0) is 56.3 Å². The van der Waals surface area contributed by atoms with E-state index >= 15 is 0 Å². The normalized spacial score (nSPS) is 48.6. The molecule has 0 saturated heterocycles. The van der Waals surface area contributed by atoms with Crippen LogP contribution in [0, 0.1) is 23.2 Å². The summed E-state index contributed by atoms with van der Waals surface area (Å²) in [5, 5.41) is 0. The van der Waals surface area contributed by atoms with Gasteiger partial charge in [0.15, 0.2) is 0 Å². The van der Waals surface area contributed by atoms with Crippen molar-refractivity contribution in [1.29, 1.82) is 0 Å². The number of hydrogen-bond donors (Lipinski definition) is 1. The molecule has 86 valence electrons. The third kappa shape index (κ3) is 1.28. The Kier molecular flexibility index (Phi) is 1.96. The standard InChI is InChI=1S/C12H19F2N/c13-12(14,7-15)11-4-8-1-9(5-11)3-10(2-8)6-11/h8-10H,1-7,15H2. The van der Waals surface area contributed by atoms with Crippen molar-refractivity contribution in [2.45, 2.75) is 44.4 Å². The predicted octanol–water partition coefficient (Wildman–Crippen LogP) is 2.80. The molecule has 0 aliphatic heterocycles. The Morgan fingerprint density at radius 1 is 1.00 bits per heavy atom. The van der Waals surface area contributed by atoms with Gasteiger partial charge in [0, 0.05) is 5.41 Å². The first-order chi connectivity index (χ1) is 7.05. The van der Waals surface area contributed by atoms with E-state index in [4.69, 9.17) is 5.73 Å². The topological polar surface area (TPSA) is 26.0 Å². The summed E-state index contributed by atoms with van der Waals surface area (Å²) in [5.74, 6) is -0.890. The van der Waals surface area contributed by atoms with Crippen LogP contribution < -0.4 is 5.73 Å². The molecule has 0 radical (unpaired) electrons. The molecule has 0 aromatic heterocycles. The van der Waals surface area contributed by atoms with E-state index < -0.39 is 17.9 Å². The van der Waals surface area contributed by atoms with E-state index in [-0.39, 0.29) is 0 Å². The van der Waals surface area contributed by atoms with Gasteiger partial charge in [-0.25, -0.2) is 8.78 Å². The van der Waals surface area contributed by atoms with Crippen LogP contribution in [0.15, 0.2) is 0 Å². The highest BCUT2D eigenvalue weighted by Crippen LogP contribution is 2.64. The van der Waals surface area contributed by atoms with Crippen molar-refractivity contribution in [2.75, 3.05) is 6.54 Å². The van der Waals surface area contributed by atoms with Gasteiger partial charge in [-0.2, -0.15) is 0 Å². The lowest BCUT2D eigenvalue weighted by atomic mass is 9.48. The highest BCUT2D eigenvalue weighted by atomic mass is 19.3. The summed E-state index contributed by atoms with van der Waals surface area (Å²) in [6.07, 6.45) is 5.84. The molecule has 4 fully saturated rings. The van der Waals surface area contributed by atoms with E-state index in [0.717, 1.165) is 19.3 Å². The Morgan fingerprint density at radius 2 is 1.40 bits per heavy atom. The average Bonchev–Trinajstić information content (AvgIpc) is 2.15. The summed E-state index contributed by atoms with van der Waals surface area (Å²) in [6, 6.07) is 0. The number of rotatable bonds is 2. The Labute approximate surface area is 89.4 Å². The number of alkyl halides is 2. The van der Waals surface area contributed by atoms with Crippen molar-refractivity contribution in [3.8, 4) is 0 Å². The van der Waals surface area contributed by atoms with Crippen LogP contribution in [0.4, 0.5) is 8.78 Å². The minimum absolute atomic E-state index is 0.459. The maximum absolute atomic E-state index is 14.0. The molecule has 1 nitrogen and oxygen atoms in total. The quantitative estimate of drug-likeness (QED) is 0.753. The van der Waals surface area contributed by atoms with Crippen LogP contribution in [0.5, 0.6) is 0 Å². The molecule has 0 spiro atoms. The molecule has 0 aromatic carbocycles. The van der Waals surface area contributed by atoms with Gasteiger partial charge in [0.25, 0.3) is 5.92 Å². The molecular weight excluding hydrogens is 196 g/mol. The van der Waals surface area contributed by atoms with Gasteiger partial charge in [-0.3, -0.25) is 0 Å². The largest absolute Gasteiger partial charge is 0.325 e. The highest BCUT2D eigenvalue weighted by Gasteiger charge is 2.61. The molecule has 0 amide bonds. The third-order valence-corrected chi connectivity index (χ3v) is 5.07. The van der Waals surface area contributed by atoms with E-state index in [2.05, 4.69) is 0 Å². The molecule has 4 saturated carbocycles. The zero-order chi connectivity index (χ0) is 10.7. The zero-order valence-corrected chi connectivity index (χ0v) is 9.02. The van der Waals surface area contributed by atoms with Crippen LogP contribution in [0.25, 0.3) is 0 Å². The number of halogens is 2. The summed E-state index contributed by atoms with van der Waals surface area (Å²) in [4.78, 5) is 0. The first-order valence-corrected chi connectivity index (χ1v) is 6.12. The summed E-state index contributed by atoms with van der Waals surface area (Å²) in [7, 11) is 0. The Hall–Kier alpha value is -0.180. The maximum atomic E-state index is 14.0. The second-order valence-electron chi connectivity index (χ2n) is 6.11. The fourth-order valence-electron chi connectivity index (χ4n) is 4.78. The molecule has 4 bridgehead atoms. The molecule has 0 aromatic rings. The van der Waals surface area contributed by atoms with Crippen molar-refractivity contribution in [2.24, 2.45) is 28.9 Å². The van der Waals surface area contributed by atoms with Crippen molar-refractivity contribution in [3.05, 3.63) is 0 Å². The smallest absolute Gasteiger partial charge is 0.265 e. The van der Waals surface area contributed by atoms with E-state index in [1.807, 2.05) is 0 Å². The van der Waals surface area contributed by atoms with Crippen molar-refractivity contribution in [3.63, 3.8) is 0 Å². The van der Waals surface area contributed by atoms with E-state index in [0.29, 0.717) is 17.8 Å². The molecule has 15 heavy (non-hydrogen) atoms. The fourth-order valence-corrected chi connectivity index (χ4v) is 4.78. The summed E-state index contributed by atoms with van der Waals surface area (Å²) < 4.78 is 27.9. The van der Waals surface area contributed by atoms with Gasteiger partial charge in [0.2, 0.25) is 0 Å². The second kappa shape index (κ2) is 2.93. The molecule has 4 rings (SSSR count). The Balaban J connectivity index is 1.93. The lowest BCUT2D eigenvalue weighted by Gasteiger charge is -2.58. The molecule has 0 unspecified atom stereocenters. The molecule has 3 heteroatoms. The van der Waals surface area contributed by atoms with Gasteiger partial charge in [-0.1, -0.05) is 0 Å². The van der Waals surface area contributed by atoms with Crippen LogP contribution >= 0.6 is 0 Å². The van der Waals surface area contributed by atoms with Crippen LogP contribution in [-0.4, -0.2) is 12.5 Å². The van der Waals surface area contributed by atoms with E-state index in [1.54, 1.807) is 0 Å². The van der Waals surface area contributed by atoms with Gasteiger partial charge in [0.05, 0.1) is 6.54 Å². The molecule has 4 aliphatic carbocycles. The van der Waals surface area contributed by atoms with Crippen molar-refractivity contribution in [1.82, 2.24) is 0 Å². The van der Waals surface area contributed by atoms with Gasteiger partial charge >= 0.3 is 0 Å². The summed E-state index contributed by atoms with van der Waals surface area (Å²) in [6.45, 7) is -0.459. The summed E-state index contributed by atoms with van der Waals surface area (Å²) >= 11 is 0. The van der Waals surface area contributed by atoms with Crippen LogP contribution in [0.3, 0.4) is 0 Å². The third-order valence-electron chi connectivity index (χ3n) is 5.07. The second-order valence-corrected chi connectivity index (χ2v) is 6.11. The number of nitrogens with two attached hydrogens (primary N) is 1. The van der Waals surface area contributed by atoms with Gasteiger partial charge in [0.1, 0.15) is 0 Å².